The van der Waals surface area contributed by atoms with E-state index in [0.29, 0.717) is 6.42 Å². The van der Waals surface area contributed by atoms with Gasteiger partial charge in [-0.25, -0.2) is 4.39 Å². The van der Waals surface area contributed by atoms with Crippen LogP contribution in [-0.2, 0) is 16.0 Å². The number of rotatable bonds is 4. The van der Waals surface area contributed by atoms with Gasteiger partial charge in [0.2, 0.25) is 0 Å². The van der Waals surface area contributed by atoms with Gasteiger partial charge in [0.1, 0.15) is 5.82 Å². The molecular formula is C17H29FO3. The number of benzene rings is 1. The maximum Gasteiger partial charge on any atom is 0.305 e. The van der Waals surface area contributed by atoms with Crippen molar-refractivity contribution >= 4 is 5.97 Å². The Morgan fingerprint density at radius 3 is 2.10 bits per heavy atom. The molecular weight excluding hydrogens is 271 g/mol. The van der Waals surface area contributed by atoms with Gasteiger partial charge in [-0.2, -0.15) is 0 Å². The molecule has 0 saturated carbocycles. The molecule has 0 saturated heterocycles. The van der Waals surface area contributed by atoms with Crippen molar-refractivity contribution in [2.75, 3.05) is 14.2 Å². The Bertz CT molecular complexity index is 334. The molecule has 0 amide bonds. The fourth-order valence-corrected chi connectivity index (χ4v) is 1.19. The molecule has 0 heterocycles. The number of ether oxygens (including phenoxy) is 1. The maximum absolute atomic E-state index is 12.5. The monoisotopic (exact) mass is 300 g/mol. The first kappa shape index (κ1) is 24.3. The Hall–Kier alpha value is -1.68. The van der Waals surface area contributed by atoms with E-state index in [0.717, 1.165) is 25.5 Å². The number of halogens is 1. The minimum absolute atomic E-state index is 0.202. The van der Waals surface area contributed by atoms with Gasteiger partial charge < -0.3 is 9.84 Å². The number of hydrogen-bond donors (Lipinski definition) is 1. The van der Waals surface area contributed by atoms with Crippen molar-refractivity contribution in [3.63, 3.8) is 0 Å². The third kappa shape index (κ3) is 18.3. The third-order valence-electron chi connectivity index (χ3n) is 1.99. The molecule has 0 aliphatic rings. The lowest BCUT2D eigenvalue weighted by Gasteiger charge is -2.00. The predicted octanol–water partition coefficient (Wildman–Crippen LogP) is 4.15. The average Bonchev–Trinajstić information content (AvgIpc) is 2.54. The van der Waals surface area contributed by atoms with Crippen LogP contribution in [0, 0.1) is 5.82 Å². The molecule has 0 bridgehead atoms. The summed E-state index contributed by atoms with van der Waals surface area (Å²) in [4.78, 5) is 10.8. The summed E-state index contributed by atoms with van der Waals surface area (Å²) in [6.07, 6.45) is 3.67. The number of aliphatic hydroxyl groups excluding tert-OH is 1. The van der Waals surface area contributed by atoms with Crippen LogP contribution in [0.25, 0.3) is 0 Å². The Labute approximate surface area is 128 Å². The molecule has 0 atom stereocenters. The predicted molar refractivity (Wildman–Crippen MR) is 86.7 cm³/mol. The van der Waals surface area contributed by atoms with Crippen LogP contribution >= 0.6 is 0 Å². The summed E-state index contributed by atoms with van der Waals surface area (Å²) in [5, 5.41) is 7.00. The van der Waals surface area contributed by atoms with Crippen LogP contribution in [0.15, 0.2) is 36.9 Å². The van der Waals surface area contributed by atoms with Crippen LogP contribution in [0.2, 0.25) is 0 Å². The van der Waals surface area contributed by atoms with Crippen molar-refractivity contribution in [1.29, 1.82) is 0 Å². The highest BCUT2D eigenvalue weighted by Crippen LogP contribution is 2.07. The third-order valence-corrected chi connectivity index (χ3v) is 1.99. The minimum atomic E-state index is -0.235. The normalized spacial score (nSPS) is 7.76. The minimum Gasteiger partial charge on any atom is -0.469 e. The highest BCUT2D eigenvalue weighted by atomic mass is 19.1. The lowest BCUT2D eigenvalue weighted by molar-refractivity contribution is -0.140. The quantitative estimate of drug-likeness (QED) is 0.671. The summed E-state index contributed by atoms with van der Waals surface area (Å²) < 4.78 is 17.0. The topological polar surface area (TPSA) is 46.5 Å². The van der Waals surface area contributed by atoms with E-state index in [1.54, 1.807) is 18.2 Å². The van der Waals surface area contributed by atoms with Crippen LogP contribution in [0.5, 0.6) is 0 Å². The van der Waals surface area contributed by atoms with E-state index in [4.69, 9.17) is 5.11 Å². The largest absolute Gasteiger partial charge is 0.469 e. The van der Waals surface area contributed by atoms with Gasteiger partial charge in [-0.1, -0.05) is 32.1 Å². The maximum atomic E-state index is 12.5. The summed E-state index contributed by atoms with van der Waals surface area (Å²) in [6, 6.07) is 6.31. The summed E-state index contributed by atoms with van der Waals surface area (Å²) >= 11 is 0. The molecule has 4 heteroatoms. The first-order chi connectivity index (χ1) is 10.1. The van der Waals surface area contributed by atoms with Gasteiger partial charge in [-0.15, -0.1) is 6.58 Å². The van der Waals surface area contributed by atoms with Crippen LogP contribution in [0.4, 0.5) is 4.39 Å². The van der Waals surface area contributed by atoms with Crippen molar-refractivity contribution in [1.82, 2.24) is 0 Å². The molecule has 0 fully saturated rings. The molecule has 0 spiro atoms. The van der Waals surface area contributed by atoms with Gasteiger partial charge in [0.15, 0.2) is 0 Å². The first-order valence-corrected chi connectivity index (χ1v) is 6.97. The van der Waals surface area contributed by atoms with Gasteiger partial charge in [-0.3, -0.25) is 4.79 Å². The van der Waals surface area contributed by atoms with Gasteiger partial charge in [0.25, 0.3) is 0 Å². The lowest BCUT2D eigenvalue weighted by atomic mass is 10.1. The van der Waals surface area contributed by atoms with Crippen molar-refractivity contribution in [2.45, 2.75) is 40.0 Å². The van der Waals surface area contributed by atoms with E-state index in [2.05, 4.69) is 11.3 Å². The summed E-state index contributed by atoms with van der Waals surface area (Å²) in [6.45, 7) is 9.25. The van der Waals surface area contributed by atoms with Crippen LogP contribution in [0.1, 0.15) is 39.2 Å². The van der Waals surface area contributed by atoms with Crippen molar-refractivity contribution in [3.05, 3.63) is 48.3 Å². The zero-order valence-electron chi connectivity index (χ0n) is 13.9. The Kier molecular flexibility index (Phi) is 23.9. The summed E-state index contributed by atoms with van der Waals surface area (Å²) in [5.41, 5.74) is 1.04. The van der Waals surface area contributed by atoms with Crippen molar-refractivity contribution in [2.24, 2.45) is 0 Å². The number of aryl methyl sites for hydroxylation is 1. The molecule has 1 aromatic rings. The fourth-order valence-electron chi connectivity index (χ4n) is 1.19. The average molecular weight is 300 g/mol. The van der Waals surface area contributed by atoms with E-state index < -0.39 is 0 Å². The SMILES string of the molecule is C=CC.CC.CO.COC(=O)CCCc1ccc(F)cc1. The molecule has 3 nitrogen and oxygen atoms in total. The molecule has 1 aromatic carbocycles. The Morgan fingerprint density at radius 2 is 1.71 bits per heavy atom. The molecule has 122 valence electrons. The molecule has 1 rings (SSSR count). The highest BCUT2D eigenvalue weighted by Gasteiger charge is 2.00. The van der Waals surface area contributed by atoms with E-state index in [1.165, 1.54) is 19.2 Å². The fraction of sp³-hybridized carbons (Fsp3) is 0.471. The lowest BCUT2D eigenvalue weighted by Crippen LogP contribution is -2.00. The smallest absolute Gasteiger partial charge is 0.305 e. The zero-order chi connectivity index (χ0) is 17.1. The highest BCUT2D eigenvalue weighted by molar-refractivity contribution is 5.69. The van der Waals surface area contributed by atoms with Crippen LogP contribution in [-0.4, -0.2) is 25.3 Å². The first-order valence-electron chi connectivity index (χ1n) is 6.97. The molecule has 0 unspecified atom stereocenters. The number of aliphatic hydroxyl groups is 1. The molecule has 0 aromatic heterocycles. The number of carbonyl (C=O) groups is 1. The van der Waals surface area contributed by atoms with Crippen LogP contribution < -0.4 is 0 Å². The molecule has 0 aliphatic carbocycles. The van der Waals surface area contributed by atoms with Gasteiger partial charge in [0, 0.05) is 13.5 Å². The summed E-state index contributed by atoms with van der Waals surface area (Å²) in [7, 11) is 2.38. The van der Waals surface area contributed by atoms with E-state index in [9.17, 15) is 9.18 Å². The Balaban J connectivity index is -0.000000399. The van der Waals surface area contributed by atoms with E-state index in [1.807, 2.05) is 20.8 Å². The van der Waals surface area contributed by atoms with Gasteiger partial charge in [0.05, 0.1) is 7.11 Å². The number of allylic oxidation sites excluding steroid dienone is 1. The second-order valence-electron chi connectivity index (χ2n) is 3.46. The molecule has 1 N–H and O–H groups in total. The number of esters is 1. The molecule has 0 radical (unpaired) electrons. The number of hydrogen-bond acceptors (Lipinski definition) is 3. The van der Waals surface area contributed by atoms with Crippen molar-refractivity contribution < 1.29 is 19.0 Å². The van der Waals surface area contributed by atoms with E-state index >= 15 is 0 Å². The number of methoxy groups -OCH3 is 1. The van der Waals surface area contributed by atoms with Crippen LogP contribution in [0.3, 0.4) is 0 Å². The molecule has 21 heavy (non-hydrogen) atoms. The van der Waals surface area contributed by atoms with E-state index in [-0.39, 0.29) is 11.8 Å². The second kappa shape index (κ2) is 20.6. The van der Waals surface area contributed by atoms with Gasteiger partial charge in [-0.05, 0) is 37.5 Å². The molecule has 0 aliphatic heterocycles. The standard InChI is InChI=1S/C11H13FO2.C3H6.C2H6.CH4O/c1-14-11(13)4-2-3-9-5-7-10(12)8-6-9;1-3-2;2*1-2/h5-8H,2-4H2,1H3;3H,1H2,2H3;1-2H3;2H,1H3. The Morgan fingerprint density at radius 1 is 1.29 bits per heavy atom. The number of carbonyl (C=O) groups excluding carboxylic acids is 1. The van der Waals surface area contributed by atoms with Gasteiger partial charge >= 0.3 is 5.97 Å². The summed E-state index contributed by atoms with van der Waals surface area (Å²) in [5.74, 6) is -0.436. The zero-order valence-corrected chi connectivity index (χ0v) is 13.9. The second-order valence-corrected chi connectivity index (χ2v) is 3.46. The van der Waals surface area contributed by atoms with Crippen molar-refractivity contribution in [3.8, 4) is 0 Å².